The smallest absolute Gasteiger partial charge is 0.310 e. The van der Waals surface area contributed by atoms with Crippen molar-refractivity contribution in [3.8, 4) is 11.5 Å². The molecule has 5 nitrogen and oxygen atoms in total. The van der Waals surface area contributed by atoms with Gasteiger partial charge in [0.05, 0.1) is 13.0 Å². The summed E-state index contributed by atoms with van der Waals surface area (Å²) in [5.41, 5.74) is 3.97. The molecule has 1 saturated heterocycles. The number of hydrogen-bond acceptors (Lipinski definition) is 5. The zero-order chi connectivity index (χ0) is 21.9. The average molecular weight is 426 g/mol. The summed E-state index contributed by atoms with van der Waals surface area (Å²) in [7, 11) is 1.58. The molecule has 2 aliphatic carbocycles. The average Bonchev–Trinajstić information content (AvgIpc) is 3.02. The van der Waals surface area contributed by atoms with Crippen molar-refractivity contribution in [1.82, 2.24) is 4.90 Å². The second-order valence-electron chi connectivity index (χ2n) is 10.5. The molecule has 1 N–H and O–H groups in total. The molecule has 1 aromatic rings. The fourth-order valence-corrected chi connectivity index (χ4v) is 7.02. The van der Waals surface area contributed by atoms with Crippen LogP contribution in [0.3, 0.4) is 0 Å². The number of nitrogens with zero attached hydrogens (tertiary/aromatic N) is 1. The Morgan fingerprint density at radius 2 is 2.16 bits per heavy atom. The van der Waals surface area contributed by atoms with Crippen LogP contribution in [-0.2, 0) is 16.0 Å². The van der Waals surface area contributed by atoms with E-state index < -0.39 is 0 Å². The van der Waals surface area contributed by atoms with Crippen molar-refractivity contribution in [2.45, 2.75) is 64.5 Å². The topological polar surface area (TPSA) is 59.0 Å². The Hall–Kier alpha value is -2.01. The molecule has 31 heavy (non-hydrogen) atoms. The van der Waals surface area contributed by atoms with Crippen molar-refractivity contribution >= 4 is 5.97 Å². The first-order chi connectivity index (χ1) is 14.8. The van der Waals surface area contributed by atoms with E-state index in [2.05, 4.69) is 25.3 Å². The lowest BCUT2D eigenvalue weighted by Gasteiger charge is -2.50. The number of phenolic OH excluding ortho intramolecular Hbond substituents is 1. The minimum atomic E-state index is -0.0627. The first-order valence-corrected chi connectivity index (χ1v) is 11.8. The second kappa shape index (κ2) is 7.54. The van der Waals surface area contributed by atoms with Crippen LogP contribution in [-0.4, -0.2) is 42.3 Å². The van der Waals surface area contributed by atoms with Gasteiger partial charge < -0.3 is 14.6 Å². The summed E-state index contributed by atoms with van der Waals surface area (Å²) in [6.07, 6.45) is 6.52. The molecule has 168 valence electrons. The molecule has 4 aliphatic rings. The molecule has 2 heterocycles. The summed E-state index contributed by atoms with van der Waals surface area (Å²) in [5.74, 6) is 1.45. The van der Waals surface area contributed by atoms with E-state index in [0.717, 1.165) is 38.8 Å². The van der Waals surface area contributed by atoms with Crippen molar-refractivity contribution < 1.29 is 19.4 Å². The summed E-state index contributed by atoms with van der Waals surface area (Å²) >= 11 is 0. The Morgan fingerprint density at radius 1 is 1.35 bits per heavy atom. The van der Waals surface area contributed by atoms with Gasteiger partial charge in [-0.25, -0.2) is 0 Å². The van der Waals surface area contributed by atoms with Crippen molar-refractivity contribution in [1.29, 1.82) is 0 Å². The summed E-state index contributed by atoms with van der Waals surface area (Å²) in [6, 6.07) is 3.96. The quantitative estimate of drug-likeness (QED) is 0.565. The first kappa shape index (κ1) is 20.9. The van der Waals surface area contributed by atoms with E-state index in [9.17, 15) is 9.90 Å². The van der Waals surface area contributed by atoms with E-state index in [1.165, 1.54) is 29.5 Å². The first-order valence-electron chi connectivity index (χ1n) is 11.8. The number of rotatable bonds is 3. The molecule has 5 heteroatoms. The number of carbonyl (C=O) groups excluding carboxylic acids is 1. The summed E-state index contributed by atoms with van der Waals surface area (Å²) < 4.78 is 11.3. The molecule has 3 fully saturated rings. The van der Waals surface area contributed by atoms with Crippen LogP contribution in [0, 0.1) is 23.2 Å². The third-order valence-electron chi connectivity index (χ3n) is 8.86. The van der Waals surface area contributed by atoms with E-state index in [1.54, 1.807) is 7.11 Å². The van der Waals surface area contributed by atoms with Gasteiger partial charge >= 0.3 is 5.97 Å². The van der Waals surface area contributed by atoms with Gasteiger partial charge in [-0.2, -0.15) is 0 Å². The number of phenols is 1. The number of aromatic hydroxyl groups is 1. The molecule has 0 bridgehead atoms. The van der Waals surface area contributed by atoms with Crippen LogP contribution in [0.1, 0.15) is 63.1 Å². The Labute approximate surface area is 185 Å². The SMILES string of the molecule is C=C1CCC[C@]2(C)C[C@H]3OC(=O)[C@@H](CN4CCc5cc(O)c(OC)cc5[C@H]4C)[C@H]3C[C@H]12. The van der Waals surface area contributed by atoms with Crippen LogP contribution in [0.5, 0.6) is 11.5 Å². The van der Waals surface area contributed by atoms with Crippen LogP contribution >= 0.6 is 0 Å². The minimum absolute atomic E-state index is 0.0101. The van der Waals surface area contributed by atoms with E-state index >= 15 is 0 Å². The second-order valence-corrected chi connectivity index (χ2v) is 10.5. The maximum atomic E-state index is 13.0. The normalized spacial score (nSPS) is 37.6. The summed E-state index contributed by atoms with van der Waals surface area (Å²) in [6.45, 7) is 10.6. The summed E-state index contributed by atoms with van der Waals surface area (Å²) in [5, 5.41) is 10.1. The predicted molar refractivity (Wildman–Crippen MR) is 119 cm³/mol. The van der Waals surface area contributed by atoms with Crippen LogP contribution in [0.15, 0.2) is 24.3 Å². The van der Waals surface area contributed by atoms with Crippen molar-refractivity contribution in [2.75, 3.05) is 20.2 Å². The highest BCUT2D eigenvalue weighted by Gasteiger charge is 2.55. The van der Waals surface area contributed by atoms with Gasteiger partial charge in [-0.1, -0.05) is 19.1 Å². The molecular formula is C26H35NO4. The molecule has 2 saturated carbocycles. The standard InChI is InChI=1S/C26H35NO4/c1-15-6-5-8-26(3)13-24-19(11-21(15)26)20(25(29)31-24)14-27-9-7-17-10-22(28)23(30-4)12-18(17)16(27)2/h10,12,16,19-21,24,28H,1,5-9,11,13-14H2,2-4H3/t16-,19-,20+,21-,24-,26-/m1/s1. The highest BCUT2D eigenvalue weighted by atomic mass is 16.6. The Morgan fingerprint density at radius 3 is 2.94 bits per heavy atom. The molecule has 0 unspecified atom stereocenters. The lowest BCUT2D eigenvalue weighted by Crippen LogP contribution is -2.46. The number of fused-ring (bicyclic) bond motifs is 3. The van der Waals surface area contributed by atoms with Gasteiger partial charge in [0, 0.05) is 25.0 Å². The zero-order valence-electron chi connectivity index (χ0n) is 19.0. The van der Waals surface area contributed by atoms with E-state index in [4.69, 9.17) is 9.47 Å². The maximum Gasteiger partial charge on any atom is 0.310 e. The molecule has 6 atom stereocenters. The molecule has 0 spiro atoms. The largest absolute Gasteiger partial charge is 0.504 e. The van der Waals surface area contributed by atoms with Gasteiger partial charge in [-0.05, 0) is 80.0 Å². The van der Waals surface area contributed by atoms with E-state index in [0.29, 0.717) is 17.6 Å². The Kier molecular flexibility index (Phi) is 5.08. The summed E-state index contributed by atoms with van der Waals surface area (Å²) in [4.78, 5) is 15.4. The molecule has 0 amide bonds. The van der Waals surface area contributed by atoms with Crippen LogP contribution in [0.2, 0.25) is 0 Å². The number of ether oxygens (including phenoxy) is 2. The van der Waals surface area contributed by atoms with Gasteiger partial charge in [0.25, 0.3) is 0 Å². The lowest BCUT2D eigenvalue weighted by molar-refractivity contribution is -0.146. The maximum absolute atomic E-state index is 13.0. The third-order valence-corrected chi connectivity index (χ3v) is 8.86. The Bertz CT molecular complexity index is 911. The highest BCUT2D eigenvalue weighted by molar-refractivity contribution is 5.75. The number of hydrogen-bond donors (Lipinski definition) is 1. The molecule has 0 aromatic heterocycles. The lowest BCUT2D eigenvalue weighted by atomic mass is 9.55. The van der Waals surface area contributed by atoms with Gasteiger partial charge in [0.15, 0.2) is 11.5 Å². The molecule has 2 aliphatic heterocycles. The fraction of sp³-hybridized carbons (Fsp3) is 0.654. The number of allylic oxidation sites excluding steroid dienone is 1. The number of carbonyl (C=O) groups is 1. The number of methoxy groups -OCH3 is 1. The molecule has 0 radical (unpaired) electrons. The zero-order valence-corrected chi connectivity index (χ0v) is 19.0. The van der Waals surface area contributed by atoms with E-state index in [-0.39, 0.29) is 35.2 Å². The highest BCUT2D eigenvalue weighted by Crippen LogP contribution is 2.57. The van der Waals surface area contributed by atoms with Gasteiger partial charge in [-0.3, -0.25) is 9.69 Å². The Balaban J connectivity index is 1.36. The van der Waals surface area contributed by atoms with Crippen LogP contribution in [0.25, 0.3) is 0 Å². The van der Waals surface area contributed by atoms with Crippen molar-refractivity contribution in [3.05, 3.63) is 35.4 Å². The van der Waals surface area contributed by atoms with Crippen molar-refractivity contribution in [2.24, 2.45) is 23.2 Å². The molecular weight excluding hydrogens is 390 g/mol. The van der Waals surface area contributed by atoms with Gasteiger partial charge in [-0.15, -0.1) is 0 Å². The predicted octanol–water partition coefficient (Wildman–Crippen LogP) is 4.63. The third kappa shape index (κ3) is 3.36. The monoisotopic (exact) mass is 425 g/mol. The molecule has 1 aromatic carbocycles. The van der Waals surface area contributed by atoms with Gasteiger partial charge in [0.2, 0.25) is 0 Å². The van der Waals surface area contributed by atoms with Crippen molar-refractivity contribution in [3.63, 3.8) is 0 Å². The van der Waals surface area contributed by atoms with Crippen LogP contribution in [0.4, 0.5) is 0 Å². The van der Waals surface area contributed by atoms with Gasteiger partial charge in [0.1, 0.15) is 6.10 Å². The van der Waals surface area contributed by atoms with E-state index in [1.807, 2.05) is 12.1 Å². The minimum Gasteiger partial charge on any atom is -0.504 e. The molecule has 5 rings (SSSR count). The number of esters is 1. The fourth-order valence-electron chi connectivity index (χ4n) is 7.02. The van der Waals surface area contributed by atoms with Crippen LogP contribution < -0.4 is 4.74 Å². The number of benzene rings is 1.